The van der Waals surface area contributed by atoms with Gasteiger partial charge in [0.25, 0.3) is 25.8 Å². The standard InChI is InChI=1S/C55H67ClF3N7O8S3/c1-53(37-64-23-20-54(21-24-64)38-66(39-54)52(68)69)19-17-48(40-7-11-43(56)12-8-40)42(34-53)35-63-25-27-65(28-26-63)45-13-9-41(10-14-45)51(67)61-77(72,73)47-15-16-49(50(33-47)76(70,71)55(57,58)59)60-44(18-22-62-29-31-74-32-30-62)36-75-46-5-3-2-4-6-46/h2-16,33,44,60H,17-32,34-39H2,1H3,(H,61,67)(H,68,69)/t44-,53?/m1/s1. The summed E-state index contributed by atoms with van der Waals surface area (Å²) < 4.78 is 104. The van der Waals surface area contributed by atoms with Crippen LogP contribution in [0.4, 0.5) is 29.3 Å². The topological polar surface area (TPSA) is 172 Å². The Labute approximate surface area is 459 Å². The quantitative estimate of drug-likeness (QED) is 0.0807. The van der Waals surface area contributed by atoms with Gasteiger partial charge in [0.2, 0.25) is 0 Å². The molecule has 3 N–H and O–H groups in total. The number of ether oxygens (including phenoxy) is 1. The number of carbonyl (C=O) groups is 2. The summed E-state index contributed by atoms with van der Waals surface area (Å²) >= 11 is 7.76. The molecule has 1 aliphatic carbocycles. The first-order valence-electron chi connectivity index (χ1n) is 26.2. The summed E-state index contributed by atoms with van der Waals surface area (Å²) in [7, 11) is -11.0. The number of nitrogens with zero attached hydrogens (tertiary/aromatic N) is 5. The lowest BCUT2D eigenvalue weighted by Gasteiger charge is -2.53. The number of thioether (sulfide) groups is 1. The second-order valence-electron chi connectivity index (χ2n) is 21.6. The van der Waals surface area contributed by atoms with E-state index in [4.69, 9.17) is 16.3 Å². The molecule has 4 aromatic rings. The van der Waals surface area contributed by atoms with Crippen molar-refractivity contribution in [2.75, 3.05) is 114 Å². The summed E-state index contributed by atoms with van der Waals surface area (Å²) in [6, 6.07) is 25.8. The van der Waals surface area contributed by atoms with Crippen LogP contribution in [0.1, 0.15) is 61.4 Å². The number of morpholine rings is 1. The lowest BCUT2D eigenvalue weighted by molar-refractivity contribution is -0.0436. The van der Waals surface area contributed by atoms with Crippen LogP contribution in [0.2, 0.25) is 5.02 Å². The highest BCUT2D eigenvalue weighted by atomic mass is 35.5. The van der Waals surface area contributed by atoms with Gasteiger partial charge in [-0.25, -0.2) is 26.4 Å². The van der Waals surface area contributed by atoms with Crippen molar-refractivity contribution in [2.45, 2.75) is 71.7 Å². The number of piperidine rings is 1. The summed E-state index contributed by atoms with van der Waals surface area (Å²) in [5, 5.41) is 13.1. The number of sulfone groups is 1. The van der Waals surface area contributed by atoms with Crippen LogP contribution in [-0.4, -0.2) is 169 Å². The predicted molar refractivity (Wildman–Crippen MR) is 294 cm³/mol. The molecule has 0 aromatic heterocycles. The third kappa shape index (κ3) is 13.9. The van der Waals surface area contributed by atoms with E-state index in [2.05, 4.69) is 44.0 Å². The Morgan fingerprint density at radius 3 is 2.14 bits per heavy atom. The van der Waals surface area contributed by atoms with Crippen LogP contribution in [0.15, 0.2) is 117 Å². The minimum Gasteiger partial charge on any atom is -0.465 e. The maximum absolute atomic E-state index is 14.3. The van der Waals surface area contributed by atoms with E-state index in [1.54, 1.807) is 12.1 Å². The van der Waals surface area contributed by atoms with Gasteiger partial charge < -0.3 is 29.9 Å². The molecule has 22 heteroatoms. The fourth-order valence-corrected chi connectivity index (χ4v) is 14.6. The van der Waals surface area contributed by atoms with Crippen molar-refractivity contribution in [1.82, 2.24) is 24.3 Å². The molecule has 4 saturated heterocycles. The van der Waals surface area contributed by atoms with Gasteiger partial charge in [-0.05, 0) is 135 Å². The van der Waals surface area contributed by atoms with E-state index >= 15 is 0 Å². The Morgan fingerprint density at radius 1 is 0.818 bits per heavy atom. The van der Waals surface area contributed by atoms with Gasteiger partial charge >= 0.3 is 11.6 Å². The number of hydrogen-bond acceptors (Lipinski definition) is 13. The Kier molecular flexibility index (Phi) is 17.6. The minimum atomic E-state index is -6.08. The number of benzene rings is 4. The van der Waals surface area contributed by atoms with Crippen LogP contribution < -0.4 is 14.9 Å². The number of nitrogens with one attached hydrogen (secondary N) is 2. The molecule has 416 valence electrons. The molecular weight excluding hydrogens is 1080 g/mol. The molecule has 4 aliphatic heterocycles. The number of likely N-dealkylation sites (tertiary alicyclic amines) is 2. The molecule has 9 rings (SSSR count). The molecule has 1 unspecified atom stereocenters. The average molecular weight is 1140 g/mol. The second kappa shape index (κ2) is 23.8. The predicted octanol–water partition coefficient (Wildman–Crippen LogP) is 8.89. The Balaban J connectivity index is 0.830. The molecule has 2 atom stereocenters. The molecule has 0 bridgehead atoms. The molecule has 5 aliphatic rings. The lowest BCUT2D eigenvalue weighted by atomic mass is 9.69. The highest BCUT2D eigenvalue weighted by Crippen LogP contribution is 2.46. The van der Waals surface area contributed by atoms with E-state index in [1.807, 2.05) is 47.2 Å². The number of alkyl halides is 3. The van der Waals surface area contributed by atoms with Gasteiger partial charge in [-0.15, -0.1) is 11.8 Å². The zero-order valence-electron chi connectivity index (χ0n) is 43.1. The first kappa shape index (κ1) is 56.8. The van der Waals surface area contributed by atoms with E-state index < -0.39 is 58.9 Å². The Hall–Kier alpha value is -4.87. The van der Waals surface area contributed by atoms with Crippen molar-refractivity contribution in [2.24, 2.45) is 10.8 Å². The summed E-state index contributed by atoms with van der Waals surface area (Å²) in [6.45, 7) is 13.3. The van der Waals surface area contributed by atoms with E-state index in [-0.39, 0.29) is 16.4 Å². The van der Waals surface area contributed by atoms with Gasteiger partial charge in [0.05, 0.1) is 23.8 Å². The van der Waals surface area contributed by atoms with Crippen LogP contribution in [0.25, 0.3) is 5.57 Å². The molecule has 0 radical (unpaired) electrons. The van der Waals surface area contributed by atoms with Crippen molar-refractivity contribution in [1.29, 1.82) is 0 Å². The molecule has 0 saturated carbocycles. The van der Waals surface area contributed by atoms with Crippen LogP contribution in [0.3, 0.4) is 0 Å². The first-order chi connectivity index (χ1) is 36.7. The monoisotopic (exact) mass is 1140 g/mol. The molecule has 4 aromatic carbocycles. The van der Waals surface area contributed by atoms with Gasteiger partial charge in [0.1, 0.15) is 4.90 Å². The molecule has 77 heavy (non-hydrogen) atoms. The van der Waals surface area contributed by atoms with Crippen molar-refractivity contribution in [3.05, 3.63) is 119 Å². The molecule has 4 fully saturated rings. The van der Waals surface area contributed by atoms with Gasteiger partial charge in [-0.1, -0.05) is 54.4 Å². The fraction of sp³-hybridized carbons (Fsp3) is 0.491. The molecular formula is C55H67ClF3N7O8S3. The number of anilines is 2. The minimum absolute atomic E-state index is 0.0182. The number of rotatable bonds is 18. The van der Waals surface area contributed by atoms with Crippen LogP contribution in [0.5, 0.6) is 0 Å². The Bertz CT molecular complexity index is 2980. The smallest absolute Gasteiger partial charge is 0.465 e. The van der Waals surface area contributed by atoms with Crippen LogP contribution in [0, 0.1) is 10.8 Å². The number of hydrogen-bond donors (Lipinski definition) is 3. The summed E-state index contributed by atoms with van der Waals surface area (Å²) in [5.41, 5.74) is -1.18. The van der Waals surface area contributed by atoms with Crippen LogP contribution >= 0.6 is 23.4 Å². The van der Waals surface area contributed by atoms with E-state index in [0.717, 1.165) is 94.1 Å². The normalized spacial score (nSPS) is 21.4. The maximum atomic E-state index is 14.3. The molecule has 1 spiro atoms. The highest BCUT2D eigenvalue weighted by molar-refractivity contribution is 7.99. The van der Waals surface area contributed by atoms with Gasteiger partial charge in [0, 0.05) is 110 Å². The third-order valence-corrected chi connectivity index (χ3v) is 20.2. The largest absolute Gasteiger partial charge is 0.501 e. The molecule has 4 heterocycles. The van der Waals surface area contributed by atoms with Gasteiger partial charge in [-0.3, -0.25) is 14.6 Å². The zero-order valence-corrected chi connectivity index (χ0v) is 46.4. The number of sulfonamides is 1. The molecule has 15 nitrogen and oxygen atoms in total. The molecule has 2 amide bonds. The number of carboxylic acid groups (broad SMARTS) is 1. The van der Waals surface area contributed by atoms with E-state index in [1.165, 1.54) is 45.5 Å². The Morgan fingerprint density at radius 2 is 1.49 bits per heavy atom. The number of carbonyl (C=O) groups excluding carboxylic acids is 1. The van der Waals surface area contributed by atoms with Gasteiger partial charge in [-0.2, -0.15) is 13.2 Å². The number of allylic oxidation sites excluding steroid dienone is 1. The lowest BCUT2D eigenvalue weighted by Crippen LogP contribution is -2.62. The summed E-state index contributed by atoms with van der Waals surface area (Å²) in [5.74, 6) is -0.679. The highest BCUT2D eigenvalue weighted by Gasteiger charge is 2.49. The van der Waals surface area contributed by atoms with Gasteiger partial charge in [0.15, 0.2) is 0 Å². The number of halogens is 4. The average Bonchev–Trinajstić information content (AvgIpc) is 3.41. The number of amides is 2. The van der Waals surface area contributed by atoms with Crippen LogP contribution in [-0.2, 0) is 24.6 Å². The maximum Gasteiger partial charge on any atom is 0.501 e. The SMILES string of the molecule is CC1(CN2CCC3(CC2)CN(C(=O)O)C3)CCC(c2ccc(Cl)cc2)=C(CN2CCN(c3ccc(C(=O)NS(=O)(=O)c4ccc(N[C@H](CCN5CCOCC5)CSc5ccccc5)c(S(=O)(=O)C(F)(F)F)c4)cc3)CC2)C1. The number of piperazine rings is 1. The van der Waals surface area contributed by atoms with Crippen molar-refractivity contribution >= 4 is 72.2 Å². The van der Waals surface area contributed by atoms with E-state index in [0.29, 0.717) is 82.3 Å². The first-order valence-corrected chi connectivity index (χ1v) is 30.5. The van der Waals surface area contributed by atoms with Crippen molar-refractivity contribution < 1.29 is 49.4 Å². The second-order valence-corrected chi connectivity index (χ2v) is 26.7. The fourth-order valence-electron chi connectivity index (χ4n) is 11.5. The third-order valence-electron chi connectivity index (χ3n) is 15.9. The van der Waals surface area contributed by atoms with Crippen molar-refractivity contribution in [3.8, 4) is 0 Å². The summed E-state index contributed by atoms with van der Waals surface area (Å²) in [4.78, 5) is 34.7. The van der Waals surface area contributed by atoms with E-state index in [9.17, 15) is 44.7 Å². The van der Waals surface area contributed by atoms with Crippen molar-refractivity contribution in [3.63, 3.8) is 0 Å². The summed E-state index contributed by atoms with van der Waals surface area (Å²) in [6.07, 6.45) is 4.61. The zero-order chi connectivity index (χ0) is 54.6.